The van der Waals surface area contributed by atoms with E-state index in [0.717, 1.165) is 12.1 Å². The first kappa shape index (κ1) is 20.9. The van der Waals surface area contributed by atoms with Gasteiger partial charge in [0, 0.05) is 18.8 Å². The summed E-state index contributed by atoms with van der Waals surface area (Å²) in [6.45, 7) is 2.80. The first-order chi connectivity index (χ1) is 13.7. The Bertz CT molecular complexity index is 1010. The van der Waals surface area contributed by atoms with Crippen LogP contribution in [0.5, 0.6) is 0 Å². The first-order valence-electron chi connectivity index (χ1n) is 9.36. The van der Waals surface area contributed by atoms with E-state index in [0.29, 0.717) is 30.9 Å². The van der Waals surface area contributed by atoms with Gasteiger partial charge in [0.15, 0.2) is 0 Å². The molecule has 9 heteroatoms. The van der Waals surface area contributed by atoms with Crippen molar-refractivity contribution in [1.29, 1.82) is 0 Å². The molecule has 1 aromatic heterocycles. The highest BCUT2D eigenvalue weighted by Gasteiger charge is 2.28. The normalized spacial score (nSPS) is 17.0. The third-order valence-electron chi connectivity index (χ3n) is 4.89. The minimum atomic E-state index is -3.76. The maximum atomic E-state index is 12.7. The lowest BCUT2D eigenvalue weighted by Crippen LogP contribution is -2.44. The molecule has 1 aliphatic rings. The number of carbonyl (C=O) groups excluding carboxylic acids is 2. The number of amides is 2. The minimum Gasteiger partial charge on any atom is -0.342 e. The van der Waals surface area contributed by atoms with Crippen molar-refractivity contribution in [1.82, 2.24) is 9.88 Å². The second-order valence-electron chi connectivity index (χ2n) is 7.20. The van der Waals surface area contributed by atoms with Crippen molar-refractivity contribution in [3.63, 3.8) is 0 Å². The number of anilines is 1. The number of pyridine rings is 1. The maximum Gasteiger partial charge on any atom is 0.238 e. The highest BCUT2D eigenvalue weighted by molar-refractivity contribution is 7.89. The molecule has 8 nitrogen and oxygen atoms in total. The number of benzene rings is 1. The maximum absolute atomic E-state index is 12.7. The van der Waals surface area contributed by atoms with Crippen LogP contribution in [0.2, 0.25) is 0 Å². The topological polar surface area (TPSA) is 122 Å². The smallest absolute Gasteiger partial charge is 0.238 e. The fourth-order valence-corrected chi connectivity index (χ4v) is 3.86. The van der Waals surface area contributed by atoms with Crippen molar-refractivity contribution in [2.24, 2.45) is 11.1 Å². The second-order valence-corrected chi connectivity index (χ2v) is 8.76. The van der Waals surface area contributed by atoms with Crippen LogP contribution >= 0.6 is 0 Å². The monoisotopic (exact) mass is 416 g/mol. The fraction of sp³-hybridized carbons (Fsp3) is 0.350. The molecule has 1 saturated heterocycles. The quantitative estimate of drug-likeness (QED) is 0.764. The molecule has 154 valence electrons. The van der Waals surface area contributed by atoms with E-state index in [1.165, 1.54) is 12.1 Å². The van der Waals surface area contributed by atoms with Crippen molar-refractivity contribution >= 4 is 27.7 Å². The molecule has 1 atom stereocenters. The van der Waals surface area contributed by atoms with Gasteiger partial charge in [-0.2, -0.15) is 0 Å². The van der Waals surface area contributed by atoms with E-state index in [1.54, 1.807) is 23.1 Å². The summed E-state index contributed by atoms with van der Waals surface area (Å²) < 4.78 is 22.6. The van der Waals surface area contributed by atoms with Crippen molar-refractivity contribution in [2.45, 2.75) is 31.1 Å². The number of carbonyl (C=O) groups is 2. The van der Waals surface area contributed by atoms with Gasteiger partial charge in [-0.3, -0.25) is 9.59 Å². The molecule has 3 N–H and O–H groups in total. The summed E-state index contributed by atoms with van der Waals surface area (Å²) in [5.41, 5.74) is 1.51. The average Bonchev–Trinajstić information content (AvgIpc) is 2.68. The second kappa shape index (κ2) is 8.71. The lowest BCUT2D eigenvalue weighted by molar-refractivity contribution is -0.133. The zero-order valence-corrected chi connectivity index (χ0v) is 17.0. The Morgan fingerprint density at radius 1 is 1.21 bits per heavy atom. The Kier molecular flexibility index (Phi) is 6.29. The summed E-state index contributed by atoms with van der Waals surface area (Å²) in [5.74, 6) is -0.0224. The molecule has 0 saturated carbocycles. The first-order valence-corrected chi connectivity index (χ1v) is 10.9. The molecule has 1 aromatic carbocycles. The van der Waals surface area contributed by atoms with E-state index in [4.69, 9.17) is 5.14 Å². The number of aryl methyl sites for hydroxylation is 1. The van der Waals surface area contributed by atoms with Gasteiger partial charge in [0.2, 0.25) is 21.8 Å². The number of hydrogen-bond donors (Lipinski definition) is 2. The van der Waals surface area contributed by atoms with Gasteiger partial charge in [0.1, 0.15) is 5.82 Å². The van der Waals surface area contributed by atoms with Crippen molar-refractivity contribution < 1.29 is 18.0 Å². The van der Waals surface area contributed by atoms with Crippen LogP contribution in [-0.4, -0.2) is 43.2 Å². The van der Waals surface area contributed by atoms with Crippen LogP contribution < -0.4 is 10.5 Å². The molecular weight excluding hydrogens is 392 g/mol. The number of primary sulfonamides is 1. The van der Waals surface area contributed by atoms with Gasteiger partial charge in [-0.15, -0.1) is 0 Å². The van der Waals surface area contributed by atoms with Crippen LogP contribution in [0.4, 0.5) is 5.82 Å². The Labute approximate surface area is 170 Å². The molecule has 3 rings (SSSR count). The van der Waals surface area contributed by atoms with Crippen molar-refractivity contribution in [2.75, 3.05) is 18.4 Å². The van der Waals surface area contributed by atoms with E-state index in [2.05, 4.69) is 10.3 Å². The van der Waals surface area contributed by atoms with E-state index in [1.807, 2.05) is 19.1 Å². The third-order valence-corrected chi connectivity index (χ3v) is 5.82. The van der Waals surface area contributed by atoms with Gasteiger partial charge >= 0.3 is 0 Å². The minimum absolute atomic E-state index is 0.00756. The number of nitrogens with one attached hydrogen (secondary N) is 1. The molecule has 0 bridgehead atoms. The van der Waals surface area contributed by atoms with Gasteiger partial charge in [-0.25, -0.2) is 18.5 Å². The third kappa shape index (κ3) is 5.61. The molecule has 2 amide bonds. The molecule has 0 radical (unpaired) electrons. The Hall–Kier alpha value is -2.78. The lowest BCUT2D eigenvalue weighted by atomic mass is 9.96. The molecule has 29 heavy (non-hydrogen) atoms. The highest BCUT2D eigenvalue weighted by Crippen LogP contribution is 2.20. The Morgan fingerprint density at radius 2 is 1.93 bits per heavy atom. The van der Waals surface area contributed by atoms with E-state index in [-0.39, 0.29) is 29.0 Å². The number of hydrogen-bond acceptors (Lipinski definition) is 5. The van der Waals surface area contributed by atoms with E-state index >= 15 is 0 Å². The van der Waals surface area contributed by atoms with Gasteiger partial charge in [0.05, 0.1) is 17.2 Å². The average molecular weight is 417 g/mol. The molecule has 1 aliphatic heterocycles. The van der Waals surface area contributed by atoms with Crippen LogP contribution in [0, 0.1) is 12.8 Å². The number of nitrogens with zero attached hydrogens (tertiary/aromatic N) is 2. The van der Waals surface area contributed by atoms with Crippen LogP contribution in [0.1, 0.15) is 24.1 Å². The van der Waals surface area contributed by atoms with Crippen molar-refractivity contribution in [3.8, 4) is 0 Å². The predicted molar refractivity (Wildman–Crippen MR) is 108 cm³/mol. The van der Waals surface area contributed by atoms with Crippen molar-refractivity contribution in [3.05, 3.63) is 53.7 Å². The standard InChI is InChI=1S/C20H24N4O4S/c1-14-4-2-6-18(22-14)23-20(26)16-5-3-11-24(13-16)19(25)12-15-7-9-17(10-8-15)29(21,27)28/h2,4,6-10,16H,3,5,11-13H2,1H3,(H2,21,27,28)(H,22,23,26). The van der Waals surface area contributed by atoms with Crippen LogP contribution in [0.25, 0.3) is 0 Å². The molecule has 1 unspecified atom stereocenters. The summed E-state index contributed by atoms with van der Waals surface area (Å²) in [4.78, 5) is 31.2. The Morgan fingerprint density at radius 3 is 2.59 bits per heavy atom. The van der Waals surface area contributed by atoms with Gasteiger partial charge in [-0.05, 0) is 49.6 Å². The summed E-state index contributed by atoms with van der Waals surface area (Å²) in [6.07, 6.45) is 1.60. The highest BCUT2D eigenvalue weighted by atomic mass is 32.2. The molecule has 0 spiro atoms. The zero-order chi connectivity index (χ0) is 21.0. The Balaban J connectivity index is 1.59. The number of aromatic nitrogens is 1. The number of rotatable bonds is 5. The summed E-state index contributed by atoms with van der Waals surface area (Å²) >= 11 is 0. The lowest BCUT2D eigenvalue weighted by Gasteiger charge is -2.32. The summed E-state index contributed by atoms with van der Waals surface area (Å²) in [7, 11) is -3.76. The van der Waals surface area contributed by atoms with Gasteiger partial charge in [-0.1, -0.05) is 18.2 Å². The number of piperidine rings is 1. The van der Waals surface area contributed by atoms with Gasteiger partial charge in [0.25, 0.3) is 0 Å². The largest absolute Gasteiger partial charge is 0.342 e. The molecule has 2 aromatic rings. The summed E-state index contributed by atoms with van der Waals surface area (Å²) in [6, 6.07) is 11.4. The zero-order valence-electron chi connectivity index (χ0n) is 16.2. The summed E-state index contributed by atoms with van der Waals surface area (Å²) in [5, 5.41) is 7.91. The SMILES string of the molecule is Cc1cccc(NC(=O)C2CCCN(C(=O)Cc3ccc(S(N)(=O)=O)cc3)C2)n1. The fourth-order valence-electron chi connectivity index (χ4n) is 3.34. The van der Waals surface area contributed by atoms with Crippen LogP contribution in [-0.2, 0) is 26.0 Å². The predicted octanol–water partition coefficient (Wildman–Crippen LogP) is 1.46. The number of likely N-dealkylation sites (tertiary alicyclic amines) is 1. The van der Waals surface area contributed by atoms with Crippen LogP contribution in [0.3, 0.4) is 0 Å². The van der Waals surface area contributed by atoms with Gasteiger partial charge < -0.3 is 10.2 Å². The molecular formula is C20H24N4O4S. The van der Waals surface area contributed by atoms with E-state index < -0.39 is 10.0 Å². The van der Waals surface area contributed by atoms with E-state index in [9.17, 15) is 18.0 Å². The molecule has 0 aliphatic carbocycles. The molecule has 1 fully saturated rings. The molecule has 2 heterocycles. The van der Waals surface area contributed by atoms with Crippen LogP contribution in [0.15, 0.2) is 47.4 Å². The number of nitrogens with two attached hydrogens (primary N) is 1. The number of sulfonamides is 1.